The molecule has 0 spiro atoms. The molecule has 2 fully saturated rings. The van der Waals surface area contributed by atoms with Crippen molar-refractivity contribution in [1.82, 2.24) is 19.9 Å². The number of fused-ring (bicyclic) bond motifs is 1. The van der Waals surface area contributed by atoms with Gasteiger partial charge in [0, 0.05) is 42.4 Å². The Kier molecular flexibility index (Phi) is 5.35. The van der Waals surface area contributed by atoms with Gasteiger partial charge < -0.3 is 10.1 Å². The van der Waals surface area contributed by atoms with Crippen molar-refractivity contribution >= 4 is 28.5 Å². The number of H-pyrrole nitrogens is 1. The normalized spacial score (nSPS) is 17.9. The van der Waals surface area contributed by atoms with Gasteiger partial charge in [-0.25, -0.2) is 9.78 Å². The van der Waals surface area contributed by atoms with Gasteiger partial charge in [0.25, 0.3) is 11.5 Å². The Morgan fingerprint density at radius 1 is 1.25 bits per heavy atom. The maximum absolute atomic E-state index is 13.0. The smallest absolute Gasteiger partial charge is 0.330 e. The molecule has 1 saturated heterocycles. The van der Waals surface area contributed by atoms with Gasteiger partial charge in [0.1, 0.15) is 5.65 Å². The van der Waals surface area contributed by atoms with Crippen LogP contribution in [0.25, 0.3) is 11.0 Å². The summed E-state index contributed by atoms with van der Waals surface area (Å²) >= 11 is 6.22. The van der Waals surface area contributed by atoms with Gasteiger partial charge in [0.05, 0.1) is 10.9 Å². The number of hydrogen-bond donors (Lipinski definition) is 2. The van der Waals surface area contributed by atoms with Crippen LogP contribution in [-0.2, 0) is 10.2 Å². The summed E-state index contributed by atoms with van der Waals surface area (Å²) in [7, 11) is 0. The first-order valence-electron chi connectivity index (χ1n) is 10.7. The van der Waals surface area contributed by atoms with E-state index in [-0.39, 0.29) is 28.3 Å². The number of benzene rings is 1. The number of aromatic amines is 1. The molecule has 3 aromatic rings. The SMILES string of the molecule is O=C(NCC1(c2cccc(Cl)c2)CCOCC1)c1cnc2c(c1)c(=O)[nH]c(=O)n2C1CC1. The van der Waals surface area contributed by atoms with Crippen LogP contribution in [-0.4, -0.2) is 40.2 Å². The summed E-state index contributed by atoms with van der Waals surface area (Å²) in [5, 5.41) is 3.90. The number of pyridine rings is 1. The molecular formula is C23H23ClN4O4. The first-order valence-corrected chi connectivity index (χ1v) is 11.1. The molecule has 32 heavy (non-hydrogen) atoms. The van der Waals surface area contributed by atoms with E-state index in [1.807, 2.05) is 24.3 Å². The molecule has 1 aliphatic heterocycles. The standard InChI is InChI=1S/C23H23ClN4O4/c24-16-3-1-2-15(11-16)23(6-8-32-9-7-23)13-26-20(29)14-10-18-19(25-12-14)28(17-4-5-17)22(31)27-21(18)30/h1-3,10-12,17H,4-9,13H2,(H,26,29)(H,27,30,31). The zero-order valence-electron chi connectivity index (χ0n) is 17.4. The Hall–Kier alpha value is -2.97. The number of amides is 1. The molecule has 5 rings (SSSR count). The van der Waals surface area contributed by atoms with Crippen LogP contribution >= 0.6 is 11.6 Å². The zero-order chi connectivity index (χ0) is 22.3. The predicted molar refractivity (Wildman–Crippen MR) is 120 cm³/mol. The number of rotatable bonds is 5. The maximum atomic E-state index is 13.0. The average molecular weight is 455 g/mol. The topological polar surface area (TPSA) is 106 Å². The Labute approximate surface area is 188 Å². The highest BCUT2D eigenvalue weighted by atomic mass is 35.5. The van der Waals surface area contributed by atoms with E-state index >= 15 is 0 Å². The largest absolute Gasteiger partial charge is 0.381 e. The van der Waals surface area contributed by atoms with Crippen LogP contribution < -0.4 is 16.6 Å². The molecule has 2 aromatic heterocycles. The minimum absolute atomic E-state index is 0.0556. The Morgan fingerprint density at radius 3 is 2.75 bits per heavy atom. The summed E-state index contributed by atoms with van der Waals surface area (Å²) in [6.07, 6.45) is 4.69. The fourth-order valence-corrected chi connectivity index (χ4v) is 4.62. The second kappa shape index (κ2) is 8.18. The summed E-state index contributed by atoms with van der Waals surface area (Å²) in [6, 6.07) is 9.27. The summed E-state index contributed by atoms with van der Waals surface area (Å²) in [6.45, 7) is 1.62. The van der Waals surface area contributed by atoms with E-state index in [9.17, 15) is 14.4 Å². The molecule has 8 nitrogen and oxygen atoms in total. The lowest BCUT2D eigenvalue weighted by Crippen LogP contribution is -2.44. The van der Waals surface area contributed by atoms with Gasteiger partial charge in [-0.2, -0.15) is 0 Å². The molecule has 1 aliphatic carbocycles. The second-order valence-corrected chi connectivity index (χ2v) is 8.98. The highest BCUT2D eigenvalue weighted by Gasteiger charge is 2.35. The lowest BCUT2D eigenvalue weighted by Gasteiger charge is -2.38. The molecule has 2 aliphatic rings. The van der Waals surface area contributed by atoms with Crippen molar-refractivity contribution in [3.8, 4) is 0 Å². The van der Waals surface area contributed by atoms with Gasteiger partial charge in [-0.15, -0.1) is 0 Å². The summed E-state index contributed by atoms with van der Waals surface area (Å²) < 4.78 is 7.06. The number of halogens is 1. The molecule has 3 heterocycles. The highest BCUT2D eigenvalue weighted by Crippen LogP contribution is 2.36. The molecule has 9 heteroatoms. The van der Waals surface area contributed by atoms with Crippen LogP contribution in [0, 0.1) is 0 Å². The fraction of sp³-hybridized carbons (Fsp3) is 0.391. The molecule has 0 unspecified atom stereocenters. The van der Waals surface area contributed by atoms with Crippen molar-refractivity contribution in [1.29, 1.82) is 0 Å². The Bertz CT molecular complexity index is 1310. The predicted octanol–water partition coefficient (Wildman–Crippen LogP) is 2.55. The molecule has 166 valence electrons. The summed E-state index contributed by atoms with van der Waals surface area (Å²) in [5.41, 5.74) is 0.374. The first-order chi connectivity index (χ1) is 15.5. The molecule has 1 amide bonds. The van der Waals surface area contributed by atoms with Gasteiger partial charge in [0.15, 0.2) is 0 Å². The van der Waals surface area contributed by atoms with Gasteiger partial charge >= 0.3 is 5.69 Å². The molecule has 0 radical (unpaired) electrons. The van der Waals surface area contributed by atoms with Crippen LogP contribution in [0.1, 0.15) is 47.6 Å². The van der Waals surface area contributed by atoms with Crippen LogP contribution in [0.2, 0.25) is 5.02 Å². The number of hydrogen-bond acceptors (Lipinski definition) is 5. The number of carbonyl (C=O) groups excluding carboxylic acids is 1. The van der Waals surface area contributed by atoms with E-state index in [2.05, 4.69) is 15.3 Å². The maximum Gasteiger partial charge on any atom is 0.330 e. The third kappa shape index (κ3) is 3.84. The van der Waals surface area contributed by atoms with E-state index in [1.165, 1.54) is 16.8 Å². The van der Waals surface area contributed by atoms with Crippen LogP contribution in [0.5, 0.6) is 0 Å². The molecule has 2 N–H and O–H groups in total. The van der Waals surface area contributed by atoms with E-state index in [0.29, 0.717) is 30.4 Å². The third-order valence-electron chi connectivity index (χ3n) is 6.43. The highest BCUT2D eigenvalue weighted by molar-refractivity contribution is 6.30. The van der Waals surface area contributed by atoms with Crippen molar-refractivity contribution < 1.29 is 9.53 Å². The summed E-state index contributed by atoms with van der Waals surface area (Å²) in [5.74, 6) is -0.323. The van der Waals surface area contributed by atoms with Crippen molar-refractivity contribution in [2.24, 2.45) is 0 Å². The first kappa shape index (κ1) is 20.9. The van der Waals surface area contributed by atoms with Gasteiger partial charge in [-0.3, -0.25) is 19.1 Å². The van der Waals surface area contributed by atoms with Crippen LogP contribution in [0.3, 0.4) is 0 Å². The van der Waals surface area contributed by atoms with Gasteiger partial charge in [0.2, 0.25) is 0 Å². The Morgan fingerprint density at radius 2 is 2.03 bits per heavy atom. The lowest BCUT2D eigenvalue weighted by molar-refractivity contribution is 0.0487. The third-order valence-corrected chi connectivity index (χ3v) is 6.66. The number of carbonyl (C=O) groups is 1. The molecule has 0 bridgehead atoms. The summed E-state index contributed by atoms with van der Waals surface area (Å²) in [4.78, 5) is 44.2. The molecule has 1 saturated carbocycles. The van der Waals surface area contributed by atoms with E-state index < -0.39 is 11.2 Å². The van der Waals surface area contributed by atoms with Gasteiger partial charge in [-0.1, -0.05) is 23.7 Å². The van der Waals surface area contributed by atoms with Crippen LogP contribution in [0.4, 0.5) is 0 Å². The minimum atomic E-state index is -0.538. The number of nitrogens with zero attached hydrogens (tertiary/aromatic N) is 2. The van der Waals surface area contributed by atoms with Crippen LogP contribution in [0.15, 0.2) is 46.1 Å². The zero-order valence-corrected chi connectivity index (χ0v) is 18.2. The minimum Gasteiger partial charge on any atom is -0.381 e. The number of nitrogens with one attached hydrogen (secondary N) is 2. The number of ether oxygens (including phenoxy) is 1. The fourth-order valence-electron chi connectivity index (χ4n) is 4.43. The second-order valence-electron chi connectivity index (χ2n) is 8.54. The quantitative estimate of drug-likeness (QED) is 0.616. The van der Waals surface area contributed by atoms with Gasteiger partial charge in [-0.05, 0) is 49.4 Å². The van der Waals surface area contributed by atoms with Crippen molar-refractivity contribution in [3.63, 3.8) is 0 Å². The molecule has 1 aromatic carbocycles. The van der Waals surface area contributed by atoms with E-state index in [1.54, 1.807) is 0 Å². The molecule has 0 atom stereocenters. The molecular weight excluding hydrogens is 432 g/mol. The van der Waals surface area contributed by atoms with E-state index in [4.69, 9.17) is 16.3 Å². The van der Waals surface area contributed by atoms with Crippen molar-refractivity contribution in [2.45, 2.75) is 37.1 Å². The van der Waals surface area contributed by atoms with Crippen molar-refractivity contribution in [2.75, 3.05) is 19.8 Å². The number of aromatic nitrogens is 3. The van der Waals surface area contributed by atoms with Crippen molar-refractivity contribution in [3.05, 3.63) is 73.5 Å². The Balaban J connectivity index is 1.43. The lowest BCUT2D eigenvalue weighted by atomic mass is 9.74. The average Bonchev–Trinajstić information content (AvgIpc) is 3.63. The van der Waals surface area contributed by atoms with E-state index in [0.717, 1.165) is 31.2 Å². The monoisotopic (exact) mass is 454 g/mol.